The third kappa shape index (κ3) is 4.93. The molecule has 3 heterocycles. The highest BCUT2D eigenvalue weighted by molar-refractivity contribution is 6.03. The molecule has 1 aromatic carbocycles. The number of para-hydroxylation sites is 2. The topological polar surface area (TPSA) is 110 Å². The number of ketones is 1. The SMILES string of the molecule is Cc1cccnc1NC(=O)C1CCCN(C(=O)CCC(=O)C(C#N)=C2N(C)c3ccccc3N2C)C1. The number of Topliss-reactive ketones (excluding diaryl/α,β-unsaturated/α-hetero) is 1. The van der Waals surface area contributed by atoms with Crippen molar-refractivity contribution in [1.29, 1.82) is 5.26 Å². The highest BCUT2D eigenvalue weighted by Gasteiger charge is 2.32. The molecule has 9 heteroatoms. The first-order valence-corrected chi connectivity index (χ1v) is 12.1. The zero-order valence-corrected chi connectivity index (χ0v) is 20.8. The Morgan fingerprint density at radius 3 is 2.42 bits per heavy atom. The number of allylic oxidation sites excluding steroid dienone is 1. The standard InChI is InChI=1S/C27H30N6O3/c1-18-8-6-14-29-25(18)30-26(36)19-9-7-15-33(17-19)24(35)13-12-23(34)20(16-28)27-31(2)21-10-4-5-11-22(21)32(27)3/h4-6,8,10-11,14,19H,7,9,12-13,15,17H2,1-3H3,(H,29,30,36). The Morgan fingerprint density at radius 2 is 1.78 bits per heavy atom. The molecule has 2 amide bonds. The molecular weight excluding hydrogens is 456 g/mol. The third-order valence-corrected chi connectivity index (χ3v) is 6.82. The average molecular weight is 487 g/mol. The molecule has 4 rings (SSSR count). The maximum atomic E-state index is 13.0. The van der Waals surface area contributed by atoms with E-state index < -0.39 is 0 Å². The summed E-state index contributed by atoms with van der Waals surface area (Å²) >= 11 is 0. The van der Waals surface area contributed by atoms with E-state index in [9.17, 15) is 19.6 Å². The van der Waals surface area contributed by atoms with Crippen molar-refractivity contribution in [3.8, 4) is 6.07 Å². The number of nitriles is 1. The summed E-state index contributed by atoms with van der Waals surface area (Å²) in [5.41, 5.74) is 2.72. The van der Waals surface area contributed by atoms with E-state index in [1.165, 1.54) is 0 Å². The summed E-state index contributed by atoms with van der Waals surface area (Å²) in [6.45, 7) is 2.73. The number of likely N-dealkylation sites (tertiary alicyclic amines) is 1. The van der Waals surface area contributed by atoms with Crippen LogP contribution < -0.4 is 15.1 Å². The van der Waals surface area contributed by atoms with Crippen molar-refractivity contribution in [2.24, 2.45) is 5.92 Å². The van der Waals surface area contributed by atoms with E-state index in [1.54, 1.807) is 11.1 Å². The molecule has 0 saturated carbocycles. The van der Waals surface area contributed by atoms with E-state index in [4.69, 9.17) is 0 Å². The van der Waals surface area contributed by atoms with E-state index in [1.807, 2.05) is 67.2 Å². The number of nitrogens with one attached hydrogen (secondary N) is 1. The zero-order valence-electron chi connectivity index (χ0n) is 20.8. The van der Waals surface area contributed by atoms with Crippen molar-refractivity contribution < 1.29 is 14.4 Å². The molecule has 36 heavy (non-hydrogen) atoms. The molecule has 1 N–H and O–H groups in total. The van der Waals surface area contributed by atoms with E-state index in [0.717, 1.165) is 16.9 Å². The number of piperidine rings is 1. The molecule has 0 spiro atoms. The highest BCUT2D eigenvalue weighted by Crippen LogP contribution is 2.40. The molecule has 1 unspecified atom stereocenters. The van der Waals surface area contributed by atoms with Crippen molar-refractivity contribution in [2.45, 2.75) is 32.6 Å². The molecule has 1 saturated heterocycles. The first-order valence-electron chi connectivity index (χ1n) is 12.1. The second-order valence-electron chi connectivity index (χ2n) is 9.18. The Morgan fingerprint density at radius 1 is 1.08 bits per heavy atom. The molecule has 9 nitrogen and oxygen atoms in total. The molecule has 2 aliphatic rings. The van der Waals surface area contributed by atoms with Gasteiger partial charge in [-0.1, -0.05) is 18.2 Å². The monoisotopic (exact) mass is 486 g/mol. The lowest BCUT2D eigenvalue weighted by atomic mass is 9.96. The van der Waals surface area contributed by atoms with Crippen LogP contribution in [0.5, 0.6) is 0 Å². The molecule has 0 radical (unpaired) electrons. The van der Waals surface area contributed by atoms with Crippen LogP contribution in [-0.4, -0.2) is 54.7 Å². The highest BCUT2D eigenvalue weighted by atomic mass is 16.2. The van der Waals surface area contributed by atoms with Gasteiger partial charge in [0.05, 0.1) is 17.3 Å². The van der Waals surface area contributed by atoms with Gasteiger partial charge in [0.25, 0.3) is 0 Å². The number of benzene rings is 1. The zero-order chi connectivity index (χ0) is 25.8. The maximum absolute atomic E-state index is 13.0. The second-order valence-corrected chi connectivity index (χ2v) is 9.18. The molecule has 186 valence electrons. The van der Waals surface area contributed by atoms with Gasteiger partial charge in [-0.15, -0.1) is 0 Å². The number of aromatic nitrogens is 1. The molecule has 0 aliphatic carbocycles. The Balaban J connectivity index is 1.37. The van der Waals surface area contributed by atoms with Gasteiger partial charge in [-0.3, -0.25) is 14.4 Å². The summed E-state index contributed by atoms with van der Waals surface area (Å²) in [6.07, 6.45) is 2.95. The van der Waals surface area contributed by atoms with E-state index >= 15 is 0 Å². The molecule has 1 aromatic heterocycles. The van der Waals surface area contributed by atoms with Crippen LogP contribution in [0.25, 0.3) is 0 Å². The van der Waals surface area contributed by atoms with Gasteiger partial charge >= 0.3 is 0 Å². The minimum absolute atomic E-state index is 0.00857. The molecule has 1 fully saturated rings. The fraction of sp³-hybridized carbons (Fsp3) is 0.370. The minimum atomic E-state index is -0.371. The summed E-state index contributed by atoms with van der Waals surface area (Å²) in [6, 6.07) is 13.4. The number of hydrogen-bond donors (Lipinski definition) is 1. The lowest BCUT2D eigenvalue weighted by molar-refractivity contribution is -0.135. The molecule has 2 aromatic rings. The Labute approximate surface area is 211 Å². The van der Waals surface area contributed by atoms with Gasteiger partial charge in [-0.25, -0.2) is 4.98 Å². The summed E-state index contributed by atoms with van der Waals surface area (Å²) < 4.78 is 0. The van der Waals surface area contributed by atoms with Crippen LogP contribution in [-0.2, 0) is 14.4 Å². The number of fused-ring (bicyclic) bond motifs is 1. The van der Waals surface area contributed by atoms with E-state index in [0.29, 0.717) is 37.6 Å². The first kappa shape index (κ1) is 24.9. The second kappa shape index (κ2) is 10.6. The van der Waals surface area contributed by atoms with Gasteiger partial charge in [0.1, 0.15) is 23.3 Å². The van der Waals surface area contributed by atoms with Gasteiger partial charge in [-0.05, 0) is 43.5 Å². The van der Waals surface area contributed by atoms with Crippen LogP contribution >= 0.6 is 0 Å². The summed E-state index contributed by atoms with van der Waals surface area (Å²) in [4.78, 5) is 48.3. The number of amides is 2. The molecular formula is C27H30N6O3. The summed E-state index contributed by atoms with van der Waals surface area (Å²) in [5, 5.41) is 12.7. The van der Waals surface area contributed by atoms with Crippen molar-refractivity contribution in [1.82, 2.24) is 9.88 Å². The number of anilines is 3. The normalized spacial score (nSPS) is 16.9. The fourth-order valence-electron chi connectivity index (χ4n) is 4.81. The largest absolute Gasteiger partial charge is 0.342 e. The molecule has 1 atom stereocenters. The lowest BCUT2D eigenvalue weighted by Gasteiger charge is -2.32. The minimum Gasteiger partial charge on any atom is -0.342 e. The predicted molar refractivity (Wildman–Crippen MR) is 137 cm³/mol. The van der Waals surface area contributed by atoms with E-state index in [2.05, 4.69) is 16.4 Å². The van der Waals surface area contributed by atoms with Gasteiger partial charge in [-0.2, -0.15) is 5.26 Å². The van der Waals surface area contributed by atoms with Gasteiger partial charge in [0.15, 0.2) is 5.78 Å². The van der Waals surface area contributed by atoms with Crippen LogP contribution in [0.15, 0.2) is 54.0 Å². The number of nitrogens with zero attached hydrogens (tertiary/aromatic N) is 5. The Kier molecular flexibility index (Phi) is 7.34. The average Bonchev–Trinajstić information content (AvgIpc) is 3.14. The predicted octanol–water partition coefficient (Wildman–Crippen LogP) is 3.24. The van der Waals surface area contributed by atoms with Crippen LogP contribution in [0.1, 0.15) is 31.2 Å². The number of aryl methyl sites for hydroxylation is 1. The van der Waals surface area contributed by atoms with E-state index in [-0.39, 0.29) is 41.9 Å². The fourth-order valence-corrected chi connectivity index (χ4v) is 4.81. The third-order valence-electron chi connectivity index (χ3n) is 6.82. The quantitative estimate of drug-likeness (QED) is 0.493. The Bertz CT molecular complexity index is 1230. The number of hydrogen-bond acceptors (Lipinski definition) is 7. The maximum Gasteiger partial charge on any atom is 0.230 e. The van der Waals surface area contributed by atoms with Crippen LogP contribution in [0.2, 0.25) is 0 Å². The smallest absolute Gasteiger partial charge is 0.230 e. The van der Waals surface area contributed by atoms with Crippen molar-refractivity contribution in [3.63, 3.8) is 0 Å². The van der Waals surface area contributed by atoms with Gasteiger partial charge in [0.2, 0.25) is 11.8 Å². The van der Waals surface area contributed by atoms with Gasteiger partial charge in [0, 0.05) is 46.2 Å². The first-order chi connectivity index (χ1) is 17.3. The Hall–Kier alpha value is -4.19. The number of rotatable bonds is 6. The molecule has 2 aliphatic heterocycles. The molecule has 0 bridgehead atoms. The van der Waals surface area contributed by atoms with Gasteiger partial charge < -0.3 is 20.0 Å². The number of carbonyl (C=O) groups excluding carboxylic acids is 3. The summed E-state index contributed by atoms with van der Waals surface area (Å²) in [5.74, 6) is -0.0178. The van der Waals surface area contributed by atoms with Crippen molar-refractivity contribution >= 4 is 34.8 Å². The van der Waals surface area contributed by atoms with Crippen LogP contribution in [0.4, 0.5) is 17.2 Å². The number of carbonyl (C=O) groups is 3. The van der Waals surface area contributed by atoms with Crippen molar-refractivity contribution in [2.75, 3.05) is 42.3 Å². The summed E-state index contributed by atoms with van der Waals surface area (Å²) in [7, 11) is 3.64. The lowest BCUT2D eigenvalue weighted by Crippen LogP contribution is -2.44. The van der Waals surface area contributed by atoms with Crippen LogP contribution in [0.3, 0.4) is 0 Å². The van der Waals surface area contributed by atoms with Crippen molar-refractivity contribution in [3.05, 3.63) is 59.6 Å². The number of pyridine rings is 1. The van der Waals surface area contributed by atoms with Crippen LogP contribution in [0, 0.1) is 24.2 Å².